The molecule has 26 heavy (non-hydrogen) atoms. The van der Waals surface area contributed by atoms with Gasteiger partial charge in [-0.25, -0.2) is 9.38 Å². The van der Waals surface area contributed by atoms with Crippen LogP contribution in [0, 0.1) is 0 Å². The molecule has 2 aromatic rings. The zero-order chi connectivity index (χ0) is 18.9. The zero-order valence-electron chi connectivity index (χ0n) is 14.0. The lowest BCUT2D eigenvalue weighted by atomic mass is 10.3. The molecule has 0 amide bonds. The first-order valence-corrected chi connectivity index (χ1v) is 8.09. The molecule has 0 saturated heterocycles. The number of allylic oxidation sites excluding steroid dienone is 2. The van der Waals surface area contributed by atoms with E-state index < -0.39 is 5.83 Å². The molecule has 0 aliphatic heterocycles. The van der Waals surface area contributed by atoms with Gasteiger partial charge in [0.1, 0.15) is 11.6 Å². The van der Waals surface area contributed by atoms with Gasteiger partial charge in [0.05, 0.1) is 17.9 Å². The van der Waals surface area contributed by atoms with Gasteiger partial charge >= 0.3 is 0 Å². The highest BCUT2D eigenvalue weighted by Crippen LogP contribution is 2.34. The topological polar surface area (TPSA) is 72.0 Å². The zero-order valence-corrected chi connectivity index (χ0v) is 14.9. The number of guanidine groups is 1. The summed E-state index contributed by atoms with van der Waals surface area (Å²) in [5.74, 6) is 0.650. The number of thiol groups is 1. The molecule has 0 unspecified atom stereocenters. The van der Waals surface area contributed by atoms with Gasteiger partial charge in [0.2, 0.25) is 0 Å². The number of rotatable bonds is 7. The summed E-state index contributed by atoms with van der Waals surface area (Å²) < 4.78 is 19.4. The molecule has 7 heteroatoms. The van der Waals surface area contributed by atoms with E-state index in [0.717, 1.165) is 6.08 Å². The Morgan fingerprint density at radius 1 is 1.23 bits per heavy atom. The predicted molar refractivity (Wildman–Crippen MR) is 108 cm³/mol. The SMILES string of the molecule is C=C/C(F)=C(/CN=C(N)Nc1c(S)cccc1Oc1ccccc1)N=C. The van der Waals surface area contributed by atoms with E-state index in [-0.39, 0.29) is 18.2 Å². The molecular formula is C19H19FN4OS. The summed E-state index contributed by atoms with van der Waals surface area (Å²) >= 11 is 4.42. The summed E-state index contributed by atoms with van der Waals surface area (Å²) in [6.45, 7) is 6.57. The van der Waals surface area contributed by atoms with Crippen LogP contribution >= 0.6 is 12.6 Å². The Morgan fingerprint density at radius 2 is 1.96 bits per heavy atom. The molecule has 0 aliphatic rings. The molecule has 3 N–H and O–H groups in total. The highest BCUT2D eigenvalue weighted by Gasteiger charge is 2.10. The number of hydrogen-bond donors (Lipinski definition) is 3. The Morgan fingerprint density at radius 3 is 2.62 bits per heavy atom. The van der Waals surface area contributed by atoms with Crippen LogP contribution in [0.25, 0.3) is 0 Å². The first-order valence-electron chi connectivity index (χ1n) is 7.64. The van der Waals surface area contributed by atoms with Crippen molar-refractivity contribution in [1.82, 2.24) is 0 Å². The molecule has 0 atom stereocenters. The largest absolute Gasteiger partial charge is 0.455 e. The number of nitrogens with zero attached hydrogens (tertiary/aromatic N) is 2. The lowest BCUT2D eigenvalue weighted by Gasteiger charge is -2.14. The fourth-order valence-electron chi connectivity index (χ4n) is 1.99. The second-order valence-corrected chi connectivity index (χ2v) is 5.53. The van der Waals surface area contributed by atoms with Gasteiger partial charge in [-0.3, -0.25) is 4.99 Å². The standard InChI is InChI=1S/C19H19FN4OS/c1-3-14(20)15(22-2)12-23-19(21)24-18-16(10-7-11-17(18)26)25-13-8-5-4-6-9-13/h3-11,26H,1-2,12H2,(H3,21,23,24)/b15-14+. The van der Waals surface area contributed by atoms with Gasteiger partial charge in [-0.05, 0) is 37.1 Å². The third-order valence-corrected chi connectivity index (χ3v) is 3.65. The lowest BCUT2D eigenvalue weighted by molar-refractivity contribution is 0.484. The van der Waals surface area contributed by atoms with Crippen LogP contribution < -0.4 is 15.8 Å². The Labute approximate surface area is 157 Å². The van der Waals surface area contributed by atoms with E-state index in [1.54, 1.807) is 18.2 Å². The number of nitrogens with two attached hydrogens (primary N) is 1. The summed E-state index contributed by atoms with van der Waals surface area (Å²) in [4.78, 5) is 8.26. The minimum atomic E-state index is -0.598. The van der Waals surface area contributed by atoms with Crippen LogP contribution in [0.15, 0.2) is 87.6 Å². The quantitative estimate of drug-likeness (QED) is 0.289. The number of halogens is 1. The Hall–Kier alpha value is -3.06. The van der Waals surface area contributed by atoms with Crippen LogP contribution in [0.2, 0.25) is 0 Å². The monoisotopic (exact) mass is 370 g/mol. The van der Waals surface area contributed by atoms with Crippen LogP contribution in [-0.4, -0.2) is 19.2 Å². The van der Waals surface area contributed by atoms with Crippen LogP contribution in [-0.2, 0) is 0 Å². The highest BCUT2D eigenvalue weighted by molar-refractivity contribution is 7.80. The van der Waals surface area contributed by atoms with E-state index in [0.29, 0.717) is 22.1 Å². The smallest absolute Gasteiger partial charge is 0.193 e. The molecular weight excluding hydrogens is 351 g/mol. The molecule has 134 valence electrons. The summed E-state index contributed by atoms with van der Waals surface area (Å²) in [6.07, 6.45) is 1.04. The summed E-state index contributed by atoms with van der Waals surface area (Å²) in [5, 5.41) is 2.93. The average Bonchev–Trinajstić information content (AvgIpc) is 2.65. The molecule has 2 aromatic carbocycles. The van der Waals surface area contributed by atoms with Crippen molar-refractivity contribution >= 4 is 31.0 Å². The highest BCUT2D eigenvalue weighted by atomic mass is 32.1. The summed E-state index contributed by atoms with van der Waals surface area (Å²) in [5.41, 5.74) is 6.49. The number of para-hydroxylation sites is 2. The van der Waals surface area contributed by atoms with E-state index in [9.17, 15) is 4.39 Å². The van der Waals surface area contributed by atoms with Crippen LogP contribution in [0.4, 0.5) is 10.1 Å². The van der Waals surface area contributed by atoms with Gasteiger partial charge in [0, 0.05) is 4.90 Å². The van der Waals surface area contributed by atoms with E-state index >= 15 is 0 Å². The van der Waals surface area contributed by atoms with Gasteiger partial charge in [-0.2, -0.15) is 0 Å². The number of ether oxygens (including phenoxy) is 1. The fourth-order valence-corrected chi connectivity index (χ4v) is 2.24. The summed E-state index contributed by atoms with van der Waals surface area (Å²) in [7, 11) is 0. The van der Waals surface area contributed by atoms with Crippen LogP contribution in [0.1, 0.15) is 0 Å². The van der Waals surface area contributed by atoms with Crippen molar-refractivity contribution in [3.05, 3.63) is 72.7 Å². The van der Waals surface area contributed by atoms with Gasteiger partial charge in [0.15, 0.2) is 11.7 Å². The fraction of sp³-hybridized carbons (Fsp3) is 0.0526. The average molecular weight is 370 g/mol. The Balaban J connectivity index is 2.21. The van der Waals surface area contributed by atoms with Crippen molar-refractivity contribution in [1.29, 1.82) is 0 Å². The van der Waals surface area contributed by atoms with Gasteiger partial charge < -0.3 is 15.8 Å². The maximum absolute atomic E-state index is 13.5. The minimum Gasteiger partial charge on any atom is -0.455 e. The molecule has 0 radical (unpaired) electrons. The lowest BCUT2D eigenvalue weighted by Crippen LogP contribution is -2.23. The normalized spacial score (nSPS) is 12.2. The van der Waals surface area contributed by atoms with Crippen molar-refractivity contribution in [2.24, 2.45) is 15.7 Å². The van der Waals surface area contributed by atoms with E-state index in [4.69, 9.17) is 10.5 Å². The molecule has 0 heterocycles. The molecule has 0 bridgehead atoms. The summed E-state index contributed by atoms with van der Waals surface area (Å²) in [6, 6.07) is 14.7. The maximum Gasteiger partial charge on any atom is 0.193 e. The first-order chi connectivity index (χ1) is 12.5. The first kappa shape index (κ1) is 19.3. The second-order valence-electron chi connectivity index (χ2n) is 5.05. The maximum atomic E-state index is 13.5. The molecule has 5 nitrogen and oxygen atoms in total. The third-order valence-electron chi connectivity index (χ3n) is 3.27. The van der Waals surface area contributed by atoms with Crippen molar-refractivity contribution in [3.63, 3.8) is 0 Å². The van der Waals surface area contributed by atoms with Crippen molar-refractivity contribution in [3.8, 4) is 11.5 Å². The van der Waals surface area contributed by atoms with Gasteiger partial charge in [-0.15, -0.1) is 12.6 Å². The molecule has 2 rings (SSSR count). The number of hydrogen-bond acceptors (Lipinski definition) is 4. The molecule has 0 saturated carbocycles. The number of benzene rings is 2. The van der Waals surface area contributed by atoms with Crippen molar-refractivity contribution < 1.29 is 9.13 Å². The van der Waals surface area contributed by atoms with Gasteiger partial charge in [0.25, 0.3) is 0 Å². The van der Waals surface area contributed by atoms with Crippen LogP contribution in [0.5, 0.6) is 11.5 Å². The number of anilines is 1. The van der Waals surface area contributed by atoms with E-state index in [2.05, 4.69) is 41.2 Å². The third kappa shape index (κ3) is 5.22. The van der Waals surface area contributed by atoms with Gasteiger partial charge in [-0.1, -0.05) is 30.8 Å². The van der Waals surface area contributed by atoms with Crippen molar-refractivity contribution in [2.75, 3.05) is 11.9 Å². The van der Waals surface area contributed by atoms with Crippen molar-refractivity contribution in [2.45, 2.75) is 4.90 Å². The van der Waals surface area contributed by atoms with E-state index in [1.807, 2.05) is 30.3 Å². The Kier molecular flexibility index (Phi) is 6.99. The molecule has 0 fully saturated rings. The number of nitrogens with one attached hydrogen (secondary N) is 1. The molecule has 0 aromatic heterocycles. The molecule has 0 spiro atoms. The minimum absolute atomic E-state index is 0.0460. The predicted octanol–water partition coefficient (Wildman–Crippen LogP) is 4.56. The van der Waals surface area contributed by atoms with E-state index in [1.165, 1.54) is 0 Å². The van der Waals surface area contributed by atoms with Crippen LogP contribution in [0.3, 0.4) is 0 Å². The number of aliphatic imine (C=N–C) groups is 2. The Bertz CT molecular complexity index is 850. The molecule has 0 aliphatic carbocycles. The second kappa shape index (κ2) is 9.43.